The Hall–Kier alpha value is -2.17. The first-order valence-corrected chi connectivity index (χ1v) is 9.76. The van der Waals surface area contributed by atoms with Gasteiger partial charge in [0, 0.05) is 7.11 Å². The Bertz CT molecular complexity index is 669. The Morgan fingerprint density at radius 1 is 1.00 bits per heavy atom. The van der Waals surface area contributed by atoms with E-state index < -0.39 is 5.60 Å². The maximum atomic E-state index is 13.3. The highest BCUT2D eigenvalue weighted by Gasteiger charge is 2.44. The van der Waals surface area contributed by atoms with E-state index in [0.717, 1.165) is 43.6 Å². The van der Waals surface area contributed by atoms with Gasteiger partial charge in [0.1, 0.15) is 0 Å². The monoisotopic (exact) mass is 367 g/mol. The van der Waals surface area contributed by atoms with E-state index in [4.69, 9.17) is 9.47 Å². The predicted molar refractivity (Wildman–Crippen MR) is 106 cm³/mol. The minimum absolute atomic E-state index is 0.347. The molecule has 0 amide bonds. The molecular weight excluding hydrogens is 338 g/mol. The summed E-state index contributed by atoms with van der Waals surface area (Å²) in [7, 11) is 1.57. The molecule has 0 N–H and O–H groups in total. The van der Waals surface area contributed by atoms with E-state index in [1.807, 2.05) is 60.7 Å². The minimum atomic E-state index is -1.24. The molecule has 144 valence electrons. The smallest absolute Gasteiger partial charge is 0.347 e. The summed E-state index contributed by atoms with van der Waals surface area (Å²) in [6, 6.07) is 19.2. The molecule has 1 fully saturated rings. The van der Waals surface area contributed by atoms with E-state index in [2.05, 4.69) is 11.8 Å². The molecule has 2 aromatic carbocycles. The van der Waals surface area contributed by atoms with E-state index in [9.17, 15) is 4.79 Å². The molecule has 1 aliphatic rings. The van der Waals surface area contributed by atoms with Crippen LogP contribution in [-0.4, -0.2) is 44.2 Å². The lowest BCUT2D eigenvalue weighted by Gasteiger charge is -2.33. The Balaban J connectivity index is 1.80. The molecule has 0 unspecified atom stereocenters. The first-order valence-electron chi connectivity index (χ1n) is 9.76. The molecule has 1 aliphatic heterocycles. The largest absolute Gasteiger partial charge is 0.463 e. The number of likely N-dealkylation sites (tertiary alicyclic amines) is 1. The predicted octanol–water partition coefficient (Wildman–Crippen LogP) is 3.85. The van der Waals surface area contributed by atoms with Gasteiger partial charge in [0.15, 0.2) is 0 Å². The molecule has 0 atom stereocenters. The third-order valence-corrected chi connectivity index (χ3v) is 5.56. The van der Waals surface area contributed by atoms with Gasteiger partial charge < -0.3 is 14.4 Å². The summed E-state index contributed by atoms with van der Waals surface area (Å²) in [6.45, 7) is 5.87. The number of hydrogen-bond acceptors (Lipinski definition) is 4. The zero-order valence-corrected chi connectivity index (χ0v) is 16.3. The number of esters is 1. The highest BCUT2D eigenvalue weighted by molar-refractivity contribution is 5.85. The average Bonchev–Trinajstić information content (AvgIpc) is 2.75. The van der Waals surface area contributed by atoms with Gasteiger partial charge in [-0.15, -0.1) is 0 Å². The van der Waals surface area contributed by atoms with Crippen molar-refractivity contribution in [2.45, 2.75) is 25.4 Å². The van der Waals surface area contributed by atoms with Gasteiger partial charge in [0.25, 0.3) is 0 Å². The average molecular weight is 367 g/mol. The third-order valence-electron chi connectivity index (χ3n) is 5.56. The lowest BCUT2D eigenvalue weighted by Crippen LogP contribution is -2.42. The van der Waals surface area contributed by atoms with Gasteiger partial charge in [-0.05, 0) is 49.5 Å². The van der Waals surface area contributed by atoms with Crippen molar-refractivity contribution in [1.29, 1.82) is 0 Å². The molecule has 4 nitrogen and oxygen atoms in total. The van der Waals surface area contributed by atoms with Crippen LogP contribution in [0.1, 0.15) is 30.9 Å². The minimum Gasteiger partial charge on any atom is -0.463 e. The fourth-order valence-electron chi connectivity index (χ4n) is 3.83. The van der Waals surface area contributed by atoms with Gasteiger partial charge >= 0.3 is 5.97 Å². The van der Waals surface area contributed by atoms with Crippen LogP contribution in [0.2, 0.25) is 0 Å². The fraction of sp³-hybridized carbons (Fsp3) is 0.435. The van der Waals surface area contributed by atoms with Crippen molar-refractivity contribution in [3.63, 3.8) is 0 Å². The van der Waals surface area contributed by atoms with Gasteiger partial charge in [-0.1, -0.05) is 67.6 Å². The van der Waals surface area contributed by atoms with Crippen LogP contribution in [0.5, 0.6) is 0 Å². The lowest BCUT2D eigenvalue weighted by molar-refractivity contribution is -0.167. The van der Waals surface area contributed by atoms with Crippen molar-refractivity contribution in [3.8, 4) is 0 Å². The number of carbonyl (C=O) groups excluding carboxylic acids is 1. The molecule has 4 heteroatoms. The number of piperidine rings is 1. The second-order valence-electron chi connectivity index (χ2n) is 7.09. The summed E-state index contributed by atoms with van der Waals surface area (Å²) in [6.07, 6.45) is 2.13. The Morgan fingerprint density at radius 2 is 1.52 bits per heavy atom. The van der Waals surface area contributed by atoms with Crippen molar-refractivity contribution in [1.82, 2.24) is 4.90 Å². The van der Waals surface area contributed by atoms with Crippen molar-refractivity contribution in [3.05, 3.63) is 71.8 Å². The number of carbonyl (C=O) groups is 1. The normalized spacial score (nSPS) is 16.2. The van der Waals surface area contributed by atoms with E-state index in [-0.39, 0.29) is 5.97 Å². The molecule has 27 heavy (non-hydrogen) atoms. The number of rotatable bonds is 7. The summed E-state index contributed by atoms with van der Waals surface area (Å²) < 4.78 is 11.7. The molecule has 0 aromatic heterocycles. The summed E-state index contributed by atoms with van der Waals surface area (Å²) in [5.41, 5.74) is 0.320. The van der Waals surface area contributed by atoms with Crippen LogP contribution in [0.3, 0.4) is 0 Å². The van der Waals surface area contributed by atoms with Crippen LogP contribution in [0.25, 0.3) is 0 Å². The Labute approximate surface area is 162 Å². The standard InChI is InChI=1S/C23H29NO3/c1-3-24-16-14-19(15-17-24)18-27-22(25)23(26-2,20-10-6-4-7-11-20)21-12-8-5-9-13-21/h4-13,19H,3,14-18H2,1-2H3. The van der Waals surface area contributed by atoms with E-state index >= 15 is 0 Å². The Kier molecular flexibility index (Phi) is 6.64. The third kappa shape index (κ3) is 4.23. The number of ether oxygens (including phenoxy) is 2. The molecule has 0 bridgehead atoms. The van der Waals surface area contributed by atoms with Gasteiger partial charge in [0.05, 0.1) is 6.61 Å². The van der Waals surface area contributed by atoms with Gasteiger partial charge in [-0.3, -0.25) is 0 Å². The summed E-state index contributed by atoms with van der Waals surface area (Å²) in [4.78, 5) is 15.7. The summed E-state index contributed by atoms with van der Waals surface area (Å²) >= 11 is 0. The van der Waals surface area contributed by atoms with Crippen LogP contribution in [0, 0.1) is 5.92 Å². The lowest BCUT2D eigenvalue weighted by atomic mass is 9.86. The van der Waals surface area contributed by atoms with Gasteiger partial charge in [-0.2, -0.15) is 0 Å². The molecule has 0 radical (unpaired) electrons. The molecular formula is C23H29NO3. The van der Waals surface area contributed by atoms with Crippen molar-refractivity contribution >= 4 is 5.97 Å². The van der Waals surface area contributed by atoms with E-state index in [0.29, 0.717) is 12.5 Å². The first kappa shape index (κ1) is 19.6. The second kappa shape index (κ2) is 9.16. The second-order valence-corrected chi connectivity index (χ2v) is 7.09. The topological polar surface area (TPSA) is 38.8 Å². The fourth-order valence-corrected chi connectivity index (χ4v) is 3.83. The van der Waals surface area contributed by atoms with Crippen molar-refractivity contribution in [2.75, 3.05) is 33.4 Å². The van der Waals surface area contributed by atoms with E-state index in [1.165, 1.54) is 0 Å². The van der Waals surface area contributed by atoms with Crippen LogP contribution in [-0.2, 0) is 19.9 Å². The van der Waals surface area contributed by atoms with Crippen LogP contribution >= 0.6 is 0 Å². The molecule has 0 spiro atoms. The summed E-state index contributed by atoms with van der Waals surface area (Å²) in [5, 5.41) is 0. The zero-order chi connectivity index (χ0) is 19.1. The van der Waals surface area contributed by atoms with E-state index in [1.54, 1.807) is 7.11 Å². The van der Waals surface area contributed by atoms with Crippen LogP contribution in [0.15, 0.2) is 60.7 Å². The highest BCUT2D eigenvalue weighted by Crippen LogP contribution is 2.35. The number of nitrogens with zero attached hydrogens (tertiary/aromatic N) is 1. The molecule has 2 aromatic rings. The molecule has 1 saturated heterocycles. The van der Waals surface area contributed by atoms with Gasteiger partial charge in [-0.25, -0.2) is 4.79 Å². The SMILES string of the molecule is CCN1CCC(COC(=O)C(OC)(c2ccccc2)c2ccccc2)CC1. The first-order chi connectivity index (χ1) is 13.2. The maximum absolute atomic E-state index is 13.3. The number of hydrogen-bond donors (Lipinski definition) is 0. The van der Waals surface area contributed by atoms with Gasteiger partial charge in [0.2, 0.25) is 5.60 Å². The van der Waals surface area contributed by atoms with Crippen molar-refractivity contribution in [2.24, 2.45) is 5.92 Å². The molecule has 1 heterocycles. The molecule has 0 saturated carbocycles. The Morgan fingerprint density at radius 3 is 1.96 bits per heavy atom. The zero-order valence-electron chi connectivity index (χ0n) is 16.3. The summed E-state index contributed by atoms with van der Waals surface area (Å²) in [5.74, 6) is 0.0678. The molecule has 3 rings (SSSR count). The number of methoxy groups -OCH3 is 1. The highest BCUT2D eigenvalue weighted by atomic mass is 16.6. The quantitative estimate of drug-likeness (QED) is 0.697. The molecule has 0 aliphatic carbocycles. The van der Waals surface area contributed by atoms with Crippen LogP contribution < -0.4 is 0 Å². The number of benzene rings is 2. The maximum Gasteiger partial charge on any atom is 0.347 e. The van der Waals surface area contributed by atoms with Crippen molar-refractivity contribution < 1.29 is 14.3 Å². The van der Waals surface area contributed by atoms with Crippen LogP contribution in [0.4, 0.5) is 0 Å².